The third-order valence-corrected chi connectivity index (χ3v) is 8.17. The maximum Gasteiger partial charge on any atom is 0.408 e. The lowest BCUT2D eigenvalue weighted by Gasteiger charge is -2.30. The zero-order valence-electron chi connectivity index (χ0n) is 25.0. The van der Waals surface area contributed by atoms with Gasteiger partial charge in [-0.05, 0) is 58.1 Å². The summed E-state index contributed by atoms with van der Waals surface area (Å²) in [6.45, 7) is 5.02. The second-order valence-electron chi connectivity index (χ2n) is 12.7. The van der Waals surface area contributed by atoms with E-state index in [9.17, 15) is 28.7 Å². The second-order valence-corrected chi connectivity index (χ2v) is 12.7. The van der Waals surface area contributed by atoms with E-state index < -0.39 is 65.2 Å². The molecule has 14 heteroatoms. The highest BCUT2D eigenvalue weighted by Crippen LogP contribution is 2.45. The number of nitrogens with zero attached hydrogens (tertiary/aromatic N) is 5. The summed E-state index contributed by atoms with van der Waals surface area (Å²) < 4.78 is 20.3. The molecule has 44 heavy (non-hydrogen) atoms. The molecule has 1 saturated heterocycles. The molecule has 13 nitrogen and oxygen atoms in total. The summed E-state index contributed by atoms with van der Waals surface area (Å²) in [5, 5.41) is 28.1. The van der Waals surface area contributed by atoms with E-state index in [4.69, 9.17) is 4.74 Å². The number of carboxylic acid groups (broad SMARTS) is 1. The van der Waals surface area contributed by atoms with Crippen molar-refractivity contribution in [3.63, 3.8) is 0 Å². The van der Waals surface area contributed by atoms with Crippen molar-refractivity contribution in [1.82, 2.24) is 35.7 Å². The normalized spacial score (nSPS) is 30.2. The second kappa shape index (κ2) is 12.3. The van der Waals surface area contributed by atoms with Crippen LogP contribution in [0.25, 0.3) is 11.4 Å². The number of aliphatic carboxylic acids is 1. The fourth-order valence-electron chi connectivity index (χ4n) is 5.76. The van der Waals surface area contributed by atoms with Gasteiger partial charge in [0.25, 0.3) is 0 Å². The molecule has 5 rings (SSSR count). The van der Waals surface area contributed by atoms with Crippen LogP contribution >= 0.6 is 0 Å². The van der Waals surface area contributed by atoms with Gasteiger partial charge in [-0.25, -0.2) is 14.0 Å². The lowest BCUT2D eigenvalue weighted by atomic mass is 10.0. The summed E-state index contributed by atoms with van der Waals surface area (Å²) in [5.41, 5.74) is -1.63. The molecule has 3 unspecified atom stereocenters. The number of carbonyl (C=O) groups excluding carboxylic acids is 3. The number of amides is 3. The van der Waals surface area contributed by atoms with Gasteiger partial charge < -0.3 is 25.4 Å². The van der Waals surface area contributed by atoms with Crippen molar-refractivity contribution in [2.45, 2.75) is 94.7 Å². The molecule has 2 fully saturated rings. The molecule has 0 radical (unpaired) electrons. The Morgan fingerprint density at radius 1 is 1.16 bits per heavy atom. The van der Waals surface area contributed by atoms with Crippen LogP contribution in [0.3, 0.4) is 0 Å². The monoisotopic (exact) mass is 611 g/mol. The Morgan fingerprint density at radius 3 is 2.61 bits per heavy atom. The largest absolute Gasteiger partial charge is 0.479 e. The van der Waals surface area contributed by atoms with E-state index in [-0.39, 0.29) is 38.6 Å². The van der Waals surface area contributed by atoms with Crippen LogP contribution in [0.1, 0.15) is 65.3 Å². The summed E-state index contributed by atoms with van der Waals surface area (Å²) in [6.07, 6.45) is 2.07. The van der Waals surface area contributed by atoms with Gasteiger partial charge in [0.1, 0.15) is 29.4 Å². The zero-order chi connectivity index (χ0) is 31.6. The highest BCUT2D eigenvalue weighted by atomic mass is 19.1. The molecule has 0 spiro atoms. The van der Waals surface area contributed by atoms with Gasteiger partial charge in [-0.1, -0.05) is 42.5 Å². The SMILES string of the molecule is CC(C)(C)OC(=O)N[C@H]1CCC(F)CC/C=C\C2CC2(C(=O)O)NC(=O)[C@@H]2C[C@@H](n3nnc(-c4ccccc4)n3)CN2C1=O. The van der Waals surface area contributed by atoms with E-state index in [1.807, 2.05) is 30.3 Å². The zero-order valence-corrected chi connectivity index (χ0v) is 25.0. The molecule has 1 aromatic carbocycles. The van der Waals surface area contributed by atoms with Gasteiger partial charge in [0, 0.05) is 24.4 Å². The molecule has 2 aliphatic heterocycles. The molecule has 3 N–H and O–H groups in total. The van der Waals surface area contributed by atoms with E-state index in [1.165, 1.54) is 9.70 Å². The number of nitrogens with one attached hydrogen (secondary N) is 2. The van der Waals surface area contributed by atoms with Crippen molar-refractivity contribution in [2.75, 3.05) is 6.54 Å². The minimum absolute atomic E-state index is 0.0122. The van der Waals surface area contributed by atoms with Gasteiger partial charge in [0.2, 0.25) is 17.6 Å². The van der Waals surface area contributed by atoms with Crippen molar-refractivity contribution in [3.05, 3.63) is 42.5 Å². The molecule has 1 saturated carbocycles. The van der Waals surface area contributed by atoms with Gasteiger partial charge >= 0.3 is 12.1 Å². The molecule has 3 amide bonds. The standard InChI is InChI=1S/C30H38FN7O6/c1-29(2,3)44-28(43)32-22-14-13-20(31)12-8-7-11-19-16-30(19,27(41)42)33-25(39)23-15-21(17-37(23)26(22)40)38-35-24(34-36-38)18-9-5-4-6-10-18/h4-7,9-11,19-23H,8,12-17H2,1-3H3,(H,32,43)(H,33,39)(H,41,42)/b11-7-/t19?,20?,21-,22+,23+,30?/m1/s1. The number of aromatic nitrogens is 4. The summed E-state index contributed by atoms with van der Waals surface area (Å²) >= 11 is 0. The van der Waals surface area contributed by atoms with Gasteiger partial charge in [-0.2, -0.15) is 4.80 Å². The molecule has 3 heterocycles. The number of ether oxygens (including phenoxy) is 1. The first-order valence-electron chi connectivity index (χ1n) is 14.9. The molecule has 6 atom stereocenters. The molecule has 3 aliphatic rings. The van der Waals surface area contributed by atoms with Crippen molar-refractivity contribution >= 4 is 23.9 Å². The van der Waals surface area contributed by atoms with Crippen LogP contribution in [-0.2, 0) is 19.1 Å². The first kappa shape index (κ1) is 31.1. The van der Waals surface area contributed by atoms with Crippen LogP contribution in [0.15, 0.2) is 42.5 Å². The maximum absolute atomic E-state index is 14.9. The van der Waals surface area contributed by atoms with E-state index in [1.54, 1.807) is 32.9 Å². The Hall–Kier alpha value is -4.36. The molecule has 1 aliphatic carbocycles. The number of halogens is 1. The molecular formula is C30H38FN7O6. The van der Waals surface area contributed by atoms with Gasteiger partial charge in [-0.3, -0.25) is 9.59 Å². The molecule has 1 aromatic heterocycles. The Labute approximate surface area is 254 Å². The van der Waals surface area contributed by atoms with Crippen LogP contribution in [0.5, 0.6) is 0 Å². The average Bonchev–Trinajstić information content (AvgIpc) is 3.28. The third-order valence-electron chi connectivity index (χ3n) is 8.17. The number of carboxylic acids is 1. The molecule has 2 aromatic rings. The Morgan fingerprint density at radius 2 is 1.91 bits per heavy atom. The van der Waals surface area contributed by atoms with Crippen LogP contribution in [0.4, 0.5) is 9.18 Å². The number of benzene rings is 1. The van der Waals surface area contributed by atoms with Crippen LogP contribution in [0, 0.1) is 5.92 Å². The predicted octanol–water partition coefficient (Wildman–Crippen LogP) is 2.80. The van der Waals surface area contributed by atoms with E-state index in [2.05, 4.69) is 26.0 Å². The number of alkyl carbamates (subject to hydrolysis) is 1. The minimum Gasteiger partial charge on any atom is -0.479 e. The molecule has 236 valence electrons. The Kier molecular flexibility index (Phi) is 8.71. The highest BCUT2D eigenvalue weighted by molar-refractivity contribution is 5.96. The highest BCUT2D eigenvalue weighted by Gasteiger charge is 2.61. The minimum atomic E-state index is -1.52. The summed E-state index contributed by atoms with van der Waals surface area (Å²) in [6, 6.07) is 6.32. The summed E-state index contributed by atoms with van der Waals surface area (Å²) in [5.74, 6) is -2.53. The average molecular weight is 612 g/mol. The number of tetrazole rings is 1. The number of allylic oxidation sites excluding steroid dienone is 1. The van der Waals surface area contributed by atoms with Gasteiger partial charge in [0.15, 0.2) is 0 Å². The van der Waals surface area contributed by atoms with Crippen LogP contribution < -0.4 is 10.6 Å². The summed E-state index contributed by atoms with van der Waals surface area (Å²) in [7, 11) is 0. The van der Waals surface area contributed by atoms with Gasteiger partial charge in [-0.15, -0.1) is 10.2 Å². The van der Waals surface area contributed by atoms with E-state index in [0.29, 0.717) is 12.2 Å². The van der Waals surface area contributed by atoms with Crippen molar-refractivity contribution in [1.29, 1.82) is 0 Å². The molecule has 0 bridgehead atoms. The predicted molar refractivity (Wildman–Crippen MR) is 155 cm³/mol. The number of hydrogen-bond acceptors (Lipinski definition) is 8. The lowest BCUT2D eigenvalue weighted by molar-refractivity contribution is -0.145. The first-order chi connectivity index (χ1) is 20.9. The van der Waals surface area contributed by atoms with Crippen LogP contribution in [0.2, 0.25) is 0 Å². The van der Waals surface area contributed by atoms with Crippen LogP contribution in [-0.4, -0.2) is 90.0 Å². The van der Waals surface area contributed by atoms with Gasteiger partial charge in [0.05, 0.1) is 6.04 Å². The van der Waals surface area contributed by atoms with E-state index in [0.717, 1.165) is 5.56 Å². The fourth-order valence-corrected chi connectivity index (χ4v) is 5.76. The fraction of sp³-hybridized carbons (Fsp3) is 0.567. The molecular weight excluding hydrogens is 573 g/mol. The first-order valence-corrected chi connectivity index (χ1v) is 14.9. The maximum atomic E-state index is 14.9. The van der Waals surface area contributed by atoms with Crippen molar-refractivity contribution in [3.8, 4) is 11.4 Å². The number of hydrogen-bond donors (Lipinski definition) is 3. The lowest BCUT2D eigenvalue weighted by Crippen LogP contribution is -2.56. The quantitative estimate of drug-likeness (QED) is 0.440. The smallest absolute Gasteiger partial charge is 0.408 e. The number of rotatable bonds is 4. The number of carbonyl (C=O) groups is 4. The van der Waals surface area contributed by atoms with E-state index >= 15 is 0 Å². The van der Waals surface area contributed by atoms with Crippen molar-refractivity contribution in [2.24, 2.45) is 5.92 Å². The number of alkyl halides is 1. The van der Waals surface area contributed by atoms with Crippen molar-refractivity contribution < 1.29 is 33.4 Å². The number of fused-ring (bicyclic) bond motifs is 2. The Bertz CT molecular complexity index is 1430. The summed E-state index contributed by atoms with van der Waals surface area (Å²) in [4.78, 5) is 55.5. The Balaban J connectivity index is 1.46. The third kappa shape index (κ3) is 6.89. The topological polar surface area (TPSA) is 169 Å².